The summed E-state index contributed by atoms with van der Waals surface area (Å²) in [5.41, 5.74) is 5.35. The molecule has 0 atom stereocenters. The Hall–Kier alpha value is -0.160. The van der Waals surface area contributed by atoms with Gasteiger partial charge in [0.25, 0.3) is 0 Å². The molecule has 4 heteroatoms. The van der Waals surface area contributed by atoms with Crippen LogP contribution in [0.25, 0.3) is 0 Å². The van der Waals surface area contributed by atoms with Gasteiger partial charge in [-0.15, -0.1) is 0 Å². The summed E-state index contributed by atoms with van der Waals surface area (Å²) in [6.45, 7) is 2.26. The molecule has 0 aromatic rings. The summed E-state index contributed by atoms with van der Waals surface area (Å²) in [6, 6.07) is 0. The van der Waals surface area contributed by atoms with E-state index >= 15 is 0 Å². The first-order chi connectivity index (χ1) is 4.72. The molecule has 0 rings (SSSR count). The van der Waals surface area contributed by atoms with E-state index in [9.17, 15) is 0 Å². The molecular weight excluding hydrogens is 130 g/mol. The summed E-state index contributed by atoms with van der Waals surface area (Å²) in [6.07, 6.45) is 0. The smallest absolute Gasteiger partial charge is 0.0572 e. The first-order valence-electron chi connectivity index (χ1n) is 3.45. The number of hydrogen-bond acceptors (Lipinski definition) is 4. The van der Waals surface area contributed by atoms with Gasteiger partial charge in [0.2, 0.25) is 0 Å². The predicted octanol–water partition coefficient (Wildman–Crippen LogP) is -1.28. The van der Waals surface area contributed by atoms with Crippen LogP contribution in [0.15, 0.2) is 0 Å². The van der Waals surface area contributed by atoms with Crippen molar-refractivity contribution in [1.82, 2.24) is 10.0 Å². The van der Waals surface area contributed by atoms with Crippen molar-refractivity contribution in [1.29, 1.82) is 0 Å². The number of hydrogen-bond donors (Lipinski definition) is 2. The molecule has 0 saturated heterocycles. The molecule has 10 heavy (non-hydrogen) atoms. The number of aliphatic hydroxyl groups is 1. The van der Waals surface area contributed by atoms with Crippen molar-refractivity contribution in [2.45, 2.75) is 0 Å². The van der Waals surface area contributed by atoms with Crippen LogP contribution < -0.4 is 5.73 Å². The van der Waals surface area contributed by atoms with Gasteiger partial charge in [-0.1, -0.05) is 0 Å². The number of nitrogens with zero attached hydrogens (tertiary/aromatic N) is 2. The Morgan fingerprint density at radius 1 is 1.30 bits per heavy atom. The topological polar surface area (TPSA) is 52.7 Å². The van der Waals surface area contributed by atoms with Gasteiger partial charge in [-0.25, -0.2) is 10.0 Å². The average molecular weight is 147 g/mol. The van der Waals surface area contributed by atoms with E-state index in [1.807, 2.05) is 24.1 Å². The maximum absolute atomic E-state index is 8.60. The third kappa shape index (κ3) is 3.79. The lowest BCUT2D eigenvalue weighted by atomic mass is 10.5. The van der Waals surface area contributed by atoms with Gasteiger partial charge < -0.3 is 10.8 Å². The molecule has 0 unspecified atom stereocenters. The Morgan fingerprint density at radius 3 is 2.20 bits per heavy atom. The van der Waals surface area contributed by atoms with E-state index in [-0.39, 0.29) is 6.61 Å². The minimum atomic E-state index is 0.179. The fourth-order valence-electron chi connectivity index (χ4n) is 0.776. The third-order valence-corrected chi connectivity index (χ3v) is 1.31. The van der Waals surface area contributed by atoms with Crippen LogP contribution in [0.4, 0.5) is 0 Å². The van der Waals surface area contributed by atoms with E-state index in [0.29, 0.717) is 13.1 Å². The van der Waals surface area contributed by atoms with Gasteiger partial charge in [0.1, 0.15) is 0 Å². The molecule has 0 saturated carbocycles. The summed E-state index contributed by atoms with van der Waals surface area (Å²) in [4.78, 5) is 0. The first-order valence-corrected chi connectivity index (χ1v) is 3.45. The summed E-state index contributed by atoms with van der Waals surface area (Å²) in [7, 11) is 3.87. The minimum Gasteiger partial charge on any atom is -0.395 e. The van der Waals surface area contributed by atoms with E-state index in [1.165, 1.54) is 0 Å². The molecular formula is C6H17N3O. The van der Waals surface area contributed by atoms with Crippen molar-refractivity contribution in [2.24, 2.45) is 5.73 Å². The highest BCUT2D eigenvalue weighted by Gasteiger charge is 2.03. The largest absolute Gasteiger partial charge is 0.395 e. The fraction of sp³-hybridized carbons (Fsp3) is 1.00. The van der Waals surface area contributed by atoms with Crippen LogP contribution in [-0.2, 0) is 0 Å². The van der Waals surface area contributed by atoms with Crippen LogP contribution in [0.5, 0.6) is 0 Å². The molecule has 62 valence electrons. The lowest BCUT2D eigenvalue weighted by Crippen LogP contribution is -2.41. The van der Waals surface area contributed by atoms with Crippen LogP contribution >= 0.6 is 0 Å². The van der Waals surface area contributed by atoms with Crippen molar-refractivity contribution < 1.29 is 5.11 Å². The highest BCUT2D eigenvalue weighted by molar-refractivity contribution is 4.50. The number of nitrogens with two attached hydrogens (primary N) is 1. The molecule has 0 aliphatic carbocycles. The van der Waals surface area contributed by atoms with Crippen LogP contribution in [0.1, 0.15) is 0 Å². The van der Waals surface area contributed by atoms with Crippen LogP contribution in [0.3, 0.4) is 0 Å². The van der Waals surface area contributed by atoms with E-state index in [4.69, 9.17) is 10.8 Å². The zero-order valence-corrected chi connectivity index (χ0v) is 6.75. The maximum Gasteiger partial charge on any atom is 0.0572 e. The number of aliphatic hydroxyl groups excluding tert-OH is 1. The molecule has 4 nitrogen and oxygen atoms in total. The zero-order chi connectivity index (χ0) is 7.98. The minimum absolute atomic E-state index is 0.179. The second-order valence-corrected chi connectivity index (χ2v) is 2.31. The Morgan fingerprint density at radius 2 is 1.90 bits per heavy atom. The first kappa shape index (κ1) is 9.84. The zero-order valence-electron chi connectivity index (χ0n) is 6.75. The lowest BCUT2D eigenvalue weighted by molar-refractivity contribution is 0.0133. The molecule has 0 heterocycles. The van der Waals surface area contributed by atoms with E-state index in [0.717, 1.165) is 6.54 Å². The molecule has 0 aliphatic rings. The Balaban J connectivity index is 3.50. The Bertz CT molecular complexity index is 71.4. The molecule has 0 radical (unpaired) electrons. The summed E-state index contributed by atoms with van der Waals surface area (Å²) < 4.78 is 0. The van der Waals surface area contributed by atoms with Gasteiger partial charge in [-0.3, -0.25) is 0 Å². The molecule has 0 aromatic carbocycles. The molecule has 0 spiro atoms. The van der Waals surface area contributed by atoms with E-state index in [1.54, 1.807) is 0 Å². The second kappa shape index (κ2) is 5.61. The normalized spacial score (nSPS) is 11.4. The van der Waals surface area contributed by atoms with Crippen LogP contribution in [-0.4, -0.2) is 55.5 Å². The SMILES string of the molecule is CN(C)N(CCN)CCO. The fourth-order valence-corrected chi connectivity index (χ4v) is 0.776. The highest BCUT2D eigenvalue weighted by Crippen LogP contribution is 1.87. The Labute approximate surface area is 62.2 Å². The van der Waals surface area contributed by atoms with Gasteiger partial charge in [0.15, 0.2) is 0 Å². The van der Waals surface area contributed by atoms with Gasteiger partial charge >= 0.3 is 0 Å². The van der Waals surface area contributed by atoms with Crippen molar-refractivity contribution in [3.05, 3.63) is 0 Å². The molecule has 3 N–H and O–H groups in total. The van der Waals surface area contributed by atoms with Crippen LogP contribution in [0, 0.1) is 0 Å². The van der Waals surface area contributed by atoms with E-state index < -0.39 is 0 Å². The monoisotopic (exact) mass is 147 g/mol. The number of rotatable bonds is 5. The van der Waals surface area contributed by atoms with Gasteiger partial charge in [-0.2, -0.15) is 0 Å². The summed E-state index contributed by atoms with van der Waals surface area (Å²) in [5, 5.41) is 12.5. The van der Waals surface area contributed by atoms with Gasteiger partial charge in [0.05, 0.1) is 6.61 Å². The lowest BCUT2D eigenvalue weighted by Gasteiger charge is -2.27. The van der Waals surface area contributed by atoms with Gasteiger partial charge in [0, 0.05) is 33.7 Å². The van der Waals surface area contributed by atoms with E-state index in [2.05, 4.69) is 0 Å². The molecule has 0 fully saturated rings. The highest BCUT2D eigenvalue weighted by atomic mass is 16.3. The average Bonchev–Trinajstić information content (AvgIpc) is 1.87. The predicted molar refractivity (Wildman–Crippen MR) is 41.4 cm³/mol. The maximum atomic E-state index is 8.60. The molecule has 0 aliphatic heterocycles. The Kier molecular flexibility index (Phi) is 5.52. The van der Waals surface area contributed by atoms with Crippen molar-refractivity contribution in [3.63, 3.8) is 0 Å². The van der Waals surface area contributed by atoms with Crippen LogP contribution in [0.2, 0.25) is 0 Å². The molecule has 0 amide bonds. The molecule has 0 aromatic heterocycles. The van der Waals surface area contributed by atoms with Crippen molar-refractivity contribution >= 4 is 0 Å². The number of hydrazine groups is 1. The summed E-state index contributed by atoms with van der Waals surface area (Å²) >= 11 is 0. The third-order valence-electron chi connectivity index (χ3n) is 1.31. The van der Waals surface area contributed by atoms with Crippen molar-refractivity contribution in [2.75, 3.05) is 40.3 Å². The second-order valence-electron chi connectivity index (χ2n) is 2.31. The molecule has 0 bridgehead atoms. The van der Waals surface area contributed by atoms with Crippen molar-refractivity contribution in [3.8, 4) is 0 Å². The van der Waals surface area contributed by atoms with Gasteiger partial charge in [-0.05, 0) is 0 Å². The summed E-state index contributed by atoms with van der Waals surface area (Å²) in [5.74, 6) is 0. The standard InChI is InChI=1S/C6H17N3O/c1-8(2)9(4-3-7)5-6-10/h10H,3-7H2,1-2H3. The quantitative estimate of drug-likeness (QED) is 0.475.